The topological polar surface area (TPSA) is 29.5 Å². The van der Waals surface area contributed by atoms with Crippen molar-refractivity contribution >= 4 is 11.6 Å². The van der Waals surface area contributed by atoms with Crippen LogP contribution in [0.5, 0.6) is 0 Å². The minimum atomic E-state index is -0.644. The van der Waals surface area contributed by atoms with Gasteiger partial charge in [0.05, 0.1) is 13.2 Å². The van der Waals surface area contributed by atoms with Gasteiger partial charge in [-0.25, -0.2) is 0 Å². The number of ether oxygens (including phenoxy) is 1. The number of rotatable bonds is 2. The van der Waals surface area contributed by atoms with E-state index in [4.69, 9.17) is 16.3 Å². The molecule has 18 heavy (non-hydrogen) atoms. The Bertz CT molecular complexity index is 580. The van der Waals surface area contributed by atoms with E-state index in [2.05, 4.69) is 0 Å². The molecule has 0 amide bonds. The molecule has 0 spiro atoms. The molecule has 1 atom stereocenters. The monoisotopic (exact) mass is 260 g/mol. The molecule has 2 nitrogen and oxygen atoms in total. The quantitative estimate of drug-likeness (QED) is 0.896. The van der Waals surface area contributed by atoms with Gasteiger partial charge in [0.25, 0.3) is 0 Å². The summed E-state index contributed by atoms with van der Waals surface area (Å²) in [6, 6.07) is 13.3. The SMILES string of the molecule is OC(c1cccc(Cl)c1)c1ccc2c(c1)COC2. The summed E-state index contributed by atoms with van der Waals surface area (Å²) in [5, 5.41) is 11.0. The molecule has 0 saturated heterocycles. The van der Waals surface area contributed by atoms with Crippen LogP contribution in [0.1, 0.15) is 28.4 Å². The number of aliphatic hydroxyl groups excluding tert-OH is 1. The van der Waals surface area contributed by atoms with Crippen molar-refractivity contribution in [3.05, 3.63) is 69.7 Å². The minimum Gasteiger partial charge on any atom is -0.384 e. The van der Waals surface area contributed by atoms with E-state index in [1.54, 1.807) is 12.1 Å². The fourth-order valence-corrected chi connectivity index (χ4v) is 2.43. The Kier molecular flexibility index (Phi) is 3.08. The van der Waals surface area contributed by atoms with Gasteiger partial charge in [0, 0.05) is 5.02 Å². The van der Waals surface area contributed by atoms with Gasteiger partial charge in [0.2, 0.25) is 0 Å². The van der Waals surface area contributed by atoms with Crippen molar-refractivity contribution in [2.24, 2.45) is 0 Å². The summed E-state index contributed by atoms with van der Waals surface area (Å²) in [4.78, 5) is 0. The zero-order valence-electron chi connectivity index (χ0n) is 9.77. The second-order valence-corrected chi connectivity index (χ2v) is 4.91. The first-order valence-corrected chi connectivity index (χ1v) is 6.25. The molecule has 3 rings (SSSR count). The van der Waals surface area contributed by atoms with Crippen LogP contribution in [0.15, 0.2) is 42.5 Å². The molecular weight excluding hydrogens is 248 g/mol. The number of aliphatic hydroxyl groups is 1. The summed E-state index contributed by atoms with van der Waals surface area (Å²) >= 11 is 5.94. The molecule has 2 aromatic carbocycles. The number of hydrogen-bond acceptors (Lipinski definition) is 2. The van der Waals surface area contributed by atoms with Gasteiger partial charge in [0.1, 0.15) is 6.10 Å². The lowest BCUT2D eigenvalue weighted by atomic mass is 9.98. The second-order valence-electron chi connectivity index (χ2n) is 4.48. The highest BCUT2D eigenvalue weighted by atomic mass is 35.5. The number of hydrogen-bond donors (Lipinski definition) is 1. The van der Waals surface area contributed by atoms with Crippen LogP contribution in [0.25, 0.3) is 0 Å². The Labute approximate surface area is 111 Å². The largest absolute Gasteiger partial charge is 0.384 e. The minimum absolute atomic E-state index is 0.630. The number of halogens is 1. The maximum absolute atomic E-state index is 10.3. The Morgan fingerprint density at radius 3 is 2.61 bits per heavy atom. The summed E-state index contributed by atoms with van der Waals surface area (Å²) in [5.41, 5.74) is 4.05. The number of benzene rings is 2. The van der Waals surface area contributed by atoms with E-state index in [-0.39, 0.29) is 0 Å². The van der Waals surface area contributed by atoms with Crippen molar-refractivity contribution in [3.63, 3.8) is 0 Å². The first-order chi connectivity index (χ1) is 8.74. The normalized spacial score (nSPS) is 15.4. The Morgan fingerprint density at radius 1 is 1.00 bits per heavy atom. The van der Waals surface area contributed by atoms with Crippen LogP contribution in [-0.2, 0) is 18.0 Å². The second kappa shape index (κ2) is 4.73. The molecule has 2 aromatic rings. The van der Waals surface area contributed by atoms with Crippen molar-refractivity contribution < 1.29 is 9.84 Å². The Morgan fingerprint density at radius 2 is 1.78 bits per heavy atom. The lowest BCUT2D eigenvalue weighted by Gasteiger charge is -2.13. The average Bonchev–Trinajstić information content (AvgIpc) is 2.85. The molecular formula is C15H13ClO2. The molecule has 92 valence electrons. The molecule has 1 unspecified atom stereocenters. The van der Waals surface area contributed by atoms with E-state index in [1.165, 1.54) is 5.56 Å². The van der Waals surface area contributed by atoms with Crippen molar-refractivity contribution in [3.8, 4) is 0 Å². The molecule has 0 radical (unpaired) electrons. The maximum Gasteiger partial charge on any atom is 0.104 e. The van der Waals surface area contributed by atoms with Crippen molar-refractivity contribution in [1.29, 1.82) is 0 Å². The number of fused-ring (bicyclic) bond motifs is 1. The van der Waals surface area contributed by atoms with Gasteiger partial charge in [-0.2, -0.15) is 0 Å². The molecule has 1 aliphatic rings. The van der Waals surface area contributed by atoms with Gasteiger partial charge in [0.15, 0.2) is 0 Å². The predicted octanol–water partition coefficient (Wildman–Crippen LogP) is 3.45. The molecule has 0 bridgehead atoms. The summed E-state index contributed by atoms with van der Waals surface area (Å²) in [6.07, 6.45) is -0.644. The predicted molar refractivity (Wildman–Crippen MR) is 70.4 cm³/mol. The van der Waals surface area contributed by atoms with Crippen LogP contribution in [-0.4, -0.2) is 5.11 Å². The van der Waals surface area contributed by atoms with Crippen LogP contribution in [0.2, 0.25) is 5.02 Å². The highest BCUT2D eigenvalue weighted by Crippen LogP contribution is 2.28. The lowest BCUT2D eigenvalue weighted by molar-refractivity contribution is 0.134. The molecule has 0 aromatic heterocycles. The third-order valence-corrected chi connectivity index (χ3v) is 3.46. The zero-order chi connectivity index (χ0) is 12.5. The van der Waals surface area contributed by atoms with E-state index in [9.17, 15) is 5.11 Å². The van der Waals surface area contributed by atoms with Crippen LogP contribution in [0.3, 0.4) is 0 Å². The van der Waals surface area contributed by atoms with Crippen molar-refractivity contribution in [2.45, 2.75) is 19.3 Å². The first kappa shape index (κ1) is 11.7. The molecule has 0 fully saturated rings. The zero-order valence-corrected chi connectivity index (χ0v) is 10.5. The summed E-state index contributed by atoms with van der Waals surface area (Å²) < 4.78 is 5.37. The molecule has 1 N–H and O–H groups in total. The molecule has 3 heteroatoms. The van der Waals surface area contributed by atoms with E-state index >= 15 is 0 Å². The summed E-state index contributed by atoms with van der Waals surface area (Å²) in [5.74, 6) is 0. The fraction of sp³-hybridized carbons (Fsp3) is 0.200. The van der Waals surface area contributed by atoms with Gasteiger partial charge in [-0.1, -0.05) is 41.9 Å². The van der Waals surface area contributed by atoms with E-state index < -0.39 is 6.10 Å². The lowest BCUT2D eigenvalue weighted by Crippen LogP contribution is -2.00. The maximum atomic E-state index is 10.3. The summed E-state index contributed by atoms with van der Waals surface area (Å²) in [7, 11) is 0. The van der Waals surface area contributed by atoms with Gasteiger partial charge < -0.3 is 9.84 Å². The highest BCUT2D eigenvalue weighted by molar-refractivity contribution is 6.30. The fourth-order valence-electron chi connectivity index (χ4n) is 2.23. The van der Waals surface area contributed by atoms with Crippen molar-refractivity contribution in [2.75, 3.05) is 0 Å². The first-order valence-electron chi connectivity index (χ1n) is 5.87. The van der Waals surface area contributed by atoms with Gasteiger partial charge in [-0.05, 0) is 34.4 Å². The van der Waals surface area contributed by atoms with Crippen LogP contribution >= 0.6 is 11.6 Å². The standard InChI is InChI=1S/C15H13ClO2/c16-14-3-1-2-10(7-14)15(17)11-4-5-12-8-18-9-13(12)6-11/h1-7,15,17H,8-9H2. The van der Waals surface area contributed by atoms with Gasteiger partial charge in [-0.3, -0.25) is 0 Å². The third-order valence-electron chi connectivity index (χ3n) is 3.23. The Balaban J connectivity index is 1.95. The molecule has 0 aliphatic carbocycles. The molecule has 1 heterocycles. The van der Waals surface area contributed by atoms with Crippen LogP contribution < -0.4 is 0 Å². The van der Waals surface area contributed by atoms with Gasteiger partial charge in [-0.15, -0.1) is 0 Å². The van der Waals surface area contributed by atoms with E-state index in [0.29, 0.717) is 18.2 Å². The molecule has 0 saturated carbocycles. The van der Waals surface area contributed by atoms with Gasteiger partial charge >= 0.3 is 0 Å². The van der Waals surface area contributed by atoms with E-state index in [1.807, 2.05) is 30.3 Å². The van der Waals surface area contributed by atoms with E-state index in [0.717, 1.165) is 16.7 Å². The Hall–Kier alpha value is -1.35. The smallest absolute Gasteiger partial charge is 0.104 e. The average molecular weight is 261 g/mol. The third kappa shape index (κ3) is 2.15. The summed E-state index contributed by atoms with van der Waals surface area (Å²) in [6.45, 7) is 1.30. The molecule has 1 aliphatic heterocycles. The van der Waals surface area contributed by atoms with Crippen molar-refractivity contribution in [1.82, 2.24) is 0 Å². The van der Waals surface area contributed by atoms with Crippen LogP contribution in [0, 0.1) is 0 Å². The highest BCUT2D eigenvalue weighted by Gasteiger charge is 2.16. The van der Waals surface area contributed by atoms with Crippen LogP contribution in [0.4, 0.5) is 0 Å².